The lowest BCUT2D eigenvalue weighted by atomic mass is 9.88. The molecule has 0 aliphatic heterocycles. The first-order chi connectivity index (χ1) is 25.8. The van der Waals surface area contributed by atoms with Crippen LogP contribution in [0.5, 0.6) is 0 Å². The van der Waals surface area contributed by atoms with Crippen molar-refractivity contribution in [3.05, 3.63) is 175 Å². The van der Waals surface area contributed by atoms with E-state index in [1.54, 1.807) is 0 Å². The summed E-state index contributed by atoms with van der Waals surface area (Å²) in [4.78, 5) is 7.83. The van der Waals surface area contributed by atoms with Crippen LogP contribution in [0.2, 0.25) is 0 Å². The van der Waals surface area contributed by atoms with Crippen molar-refractivity contribution in [3.63, 3.8) is 0 Å². The normalized spacial score (nSPS) is 15.2. The fraction of sp³-hybridized carbons (Fsp3) is 0.265. The van der Waals surface area contributed by atoms with Gasteiger partial charge in [-0.1, -0.05) is 136 Å². The van der Waals surface area contributed by atoms with Gasteiger partial charge in [-0.05, 0) is 110 Å². The summed E-state index contributed by atoms with van der Waals surface area (Å²) >= 11 is 0. The molecule has 8 rings (SSSR count). The van der Waals surface area contributed by atoms with Gasteiger partial charge in [0.2, 0.25) is 0 Å². The third-order valence-corrected chi connectivity index (χ3v) is 11.1. The Morgan fingerprint density at radius 3 is 1.19 bits per heavy atom. The molecule has 0 radical (unpaired) electrons. The monoisotopic (exact) mass is 681 g/mol. The van der Waals surface area contributed by atoms with E-state index in [-0.39, 0.29) is 0 Å². The second kappa shape index (κ2) is 16.4. The summed E-state index contributed by atoms with van der Waals surface area (Å²) in [6.45, 7) is 0. The Balaban J connectivity index is 1.33. The van der Waals surface area contributed by atoms with Gasteiger partial charge in [-0.15, -0.1) is 0 Å². The molecule has 6 aromatic rings. The van der Waals surface area contributed by atoms with Gasteiger partial charge in [-0.25, -0.2) is 0 Å². The molecule has 0 bridgehead atoms. The predicted octanol–water partition coefficient (Wildman–Crippen LogP) is 13.7. The molecule has 52 heavy (non-hydrogen) atoms. The van der Waals surface area contributed by atoms with Gasteiger partial charge >= 0.3 is 0 Å². The lowest BCUT2D eigenvalue weighted by Gasteiger charge is -2.44. The molecule has 262 valence electrons. The second-order valence-corrected chi connectivity index (χ2v) is 14.7. The zero-order valence-corrected chi connectivity index (χ0v) is 30.4. The van der Waals surface area contributed by atoms with Gasteiger partial charge in [-0.3, -0.25) is 0 Å². The minimum absolute atomic E-state index is 0.571. The fourth-order valence-corrected chi connectivity index (χ4v) is 8.69. The number of rotatable bonds is 11. The molecule has 3 heteroatoms. The van der Waals surface area contributed by atoms with E-state index in [2.05, 4.69) is 178 Å². The number of benzene rings is 6. The molecule has 2 aliphatic carbocycles. The first-order valence-electron chi connectivity index (χ1n) is 19.6. The highest BCUT2D eigenvalue weighted by molar-refractivity contribution is 5.86. The molecule has 0 amide bonds. The molecule has 2 fully saturated rings. The Labute approximate surface area is 311 Å². The molecular formula is C49H51N3. The molecule has 2 aliphatic rings. The topological polar surface area (TPSA) is 9.72 Å². The molecule has 0 saturated heterocycles. The molecule has 0 atom stereocenters. The Morgan fingerprint density at radius 2 is 0.712 bits per heavy atom. The van der Waals surface area contributed by atoms with Crippen LogP contribution in [-0.2, 0) is 6.42 Å². The van der Waals surface area contributed by atoms with Crippen molar-refractivity contribution >= 4 is 39.8 Å². The average molecular weight is 682 g/mol. The lowest BCUT2D eigenvalue weighted by Crippen LogP contribution is -2.45. The first kappa shape index (κ1) is 33.8. The molecule has 2 saturated carbocycles. The zero-order chi connectivity index (χ0) is 35.0. The molecule has 3 nitrogen and oxygen atoms in total. The van der Waals surface area contributed by atoms with Crippen LogP contribution in [0.3, 0.4) is 0 Å². The van der Waals surface area contributed by atoms with Crippen LogP contribution in [0.1, 0.15) is 75.3 Å². The summed E-state index contributed by atoms with van der Waals surface area (Å²) in [5, 5.41) is 0. The van der Waals surface area contributed by atoms with E-state index in [1.165, 1.54) is 98.1 Å². The molecule has 0 spiro atoms. The van der Waals surface area contributed by atoms with Crippen molar-refractivity contribution < 1.29 is 0 Å². The van der Waals surface area contributed by atoms with Crippen molar-refractivity contribution in [1.29, 1.82) is 0 Å². The zero-order valence-electron chi connectivity index (χ0n) is 30.4. The minimum Gasteiger partial charge on any atom is -0.365 e. The third-order valence-electron chi connectivity index (χ3n) is 11.1. The highest BCUT2D eigenvalue weighted by Gasteiger charge is 2.31. The minimum atomic E-state index is 0.571. The van der Waals surface area contributed by atoms with Crippen molar-refractivity contribution in [2.24, 2.45) is 0 Å². The van der Waals surface area contributed by atoms with Crippen molar-refractivity contribution in [3.8, 4) is 0 Å². The van der Waals surface area contributed by atoms with Crippen LogP contribution >= 0.6 is 0 Å². The van der Waals surface area contributed by atoms with E-state index in [1.807, 2.05) is 0 Å². The van der Waals surface area contributed by atoms with Crippen LogP contribution in [0.4, 0.5) is 39.8 Å². The molecule has 0 heterocycles. The van der Waals surface area contributed by atoms with Crippen LogP contribution in [0.15, 0.2) is 164 Å². The van der Waals surface area contributed by atoms with Crippen LogP contribution in [0.25, 0.3) is 0 Å². The van der Waals surface area contributed by atoms with E-state index >= 15 is 0 Å². The van der Waals surface area contributed by atoms with Gasteiger partial charge in [-0.2, -0.15) is 0 Å². The Bertz CT molecular complexity index is 1920. The number of nitrogens with zero attached hydrogens (tertiary/aromatic N) is 3. The number of hydrogen-bond acceptors (Lipinski definition) is 3. The highest BCUT2D eigenvalue weighted by atomic mass is 15.2. The van der Waals surface area contributed by atoms with Crippen molar-refractivity contribution in [1.82, 2.24) is 0 Å². The van der Waals surface area contributed by atoms with E-state index in [0.717, 1.165) is 23.5 Å². The maximum Gasteiger partial charge on any atom is 0.0503 e. The first-order valence-corrected chi connectivity index (χ1v) is 19.6. The summed E-state index contributed by atoms with van der Waals surface area (Å²) in [6.07, 6.45) is 14.0. The van der Waals surface area contributed by atoms with Gasteiger partial charge in [0.15, 0.2) is 0 Å². The second-order valence-electron chi connectivity index (χ2n) is 14.7. The Morgan fingerprint density at radius 1 is 0.327 bits per heavy atom. The van der Waals surface area contributed by atoms with Crippen LogP contribution in [-0.4, -0.2) is 12.1 Å². The largest absolute Gasteiger partial charge is 0.365 e. The van der Waals surface area contributed by atoms with E-state index in [4.69, 9.17) is 0 Å². The number of hydrogen-bond donors (Lipinski definition) is 0. The summed E-state index contributed by atoms with van der Waals surface area (Å²) in [7, 11) is 0. The standard InChI is InChI=1S/C49H51N3/c1-7-20-39(21-8-1)34-40-22-19-33-46(35-40)52(45-31-17-6-18-32-45)49-37-47(50(41-23-9-2-10-24-41)42-25-11-3-12-26-42)36-48(38-49)51(43-27-13-4-14-28-43)44-29-15-5-16-30-44/h1-3,6-12,17-26,31-33,35-38,43-44H,4-5,13-16,27-30,34H2. The maximum absolute atomic E-state index is 2.90. The van der Waals surface area contributed by atoms with E-state index in [9.17, 15) is 0 Å². The van der Waals surface area contributed by atoms with Crippen LogP contribution in [0, 0.1) is 0 Å². The van der Waals surface area contributed by atoms with E-state index < -0.39 is 0 Å². The molecule has 6 aromatic carbocycles. The van der Waals surface area contributed by atoms with Crippen molar-refractivity contribution in [2.75, 3.05) is 14.7 Å². The lowest BCUT2D eigenvalue weighted by molar-refractivity contribution is 0.340. The molecule has 0 aromatic heterocycles. The van der Waals surface area contributed by atoms with Gasteiger partial charge in [0, 0.05) is 40.5 Å². The summed E-state index contributed by atoms with van der Waals surface area (Å²) < 4.78 is 0. The number of anilines is 7. The van der Waals surface area contributed by atoms with E-state index in [0.29, 0.717) is 12.1 Å². The summed E-state index contributed by atoms with van der Waals surface area (Å²) in [5.74, 6) is 0. The Hall–Kier alpha value is -5.28. The third kappa shape index (κ3) is 7.79. The predicted molar refractivity (Wildman–Crippen MR) is 221 cm³/mol. The highest BCUT2D eigenvalue weighted by Crippen LogP contribution is 2.45. The van der Waals surface area contributed by atoms with Crippen molar-refractivity contribution in [2.45, 2.75) is 82.7 Å². The number of para-hydroxylation sites is 3. The maximum atomic E-state index is 2.90. The van der Waals surface area contributed by atoms with Gasteiger partial charge in [0.1, 0.15) is 0 Å². The smallest absolute Gasteiger partial charge is 0.0503 e. The van der Waals surface area contributed by atoms with Gasteiger partial charge < -0.3 is 14.7 Å². The average Bonchev–Trinajstić information content (AvgIpc) is 3.21. The quantitative estimate of drug-likeness (QED) is 0.135. The Kier molecular flexibility index (Phi) is 10.7. The summed E-state index contributed by atoms with van der Waals surface area (Å²) in [5.41, 5.74) is 11.0. The summed E-state index contributed by atoms with van der Waals surface area (Å²) in [6, 6.07) is 61.3. The fourth-order valence-electron chi connectivity index (χ4n) is 8.69. The molecule has 0 N–H and O–H groups in total. The van der Waals surface area contributed by atoms with Gasteiger partial charge in [0.25, 0.3) is 0 Å². The van der Waals surface area contributed by atoms with Gasteiger partial charge in [0.05, 0.1) is 11.4 Å². The van der Waals surface area contributed by atoms with Crippen LogP contribution < -0.4 is 14.7 Å². The molecule has 0 unspecified atom stereocenters. The molecular weight excluding hydrogens is 631 g/mol. The SMILES string of the molecule is c1ccc(Cc2cccc(N(c3ccccc3)c3cc(N(c4ccccc4)c4ccccc4)cc(N(C4CCCCC4)C4CCCCC4)c3)c2)cc1.